The molecule has 0 aromatic heterocycles. The Labute approximate surface area is 168 Å². The van der Waals surface area contributed by atoms with Gasteiger partial charge in [-0.05, 0) is 36.2 Å². The summed E-state index contributed by atoms with van der Waals surface area (Å²) in [7, 11) is 0.439. The fraction of sp³-hybridized carbons (Fsp3) is 0.429. The quantitative estimate of drug-likeness (QED) is 0.769. The third-order valence-electron chi connectivity index (χ3n) is 5.13. The summed E-state index contributed by atoms with van der Waals surface area (Å²) < 4.78 is 34.0. The summed E-state index contributed by atoms with van der Waals surface area (Å²) in [6.07, 6.45) is 0. The first-order chi connectivity index (χ1) is 13.4. The number of ether oxygens (including phenoxy) is 1. The Morgan fingerprint density at radius 2 is 1.71 bits per heavy atom. The van der Waals surface area contributed by atoms with E-state index in [2.05, 4.69) is 38.8 Å². The molecule has 152 valence electrons. The van der Waals surface area contributed by atoms with Crippen LogP contribution in [-0.4, -0.2) is 60.3 Å². The van der Waals surface area contributed by atoms with E-state index in [0.717, 1.165) is 29.9 Å². The number of benzene rings is 2. The van der Waals surface area contributed by atoms with Gasteiger partial charge in [-0.3, -0.25) is 4.90 Å². The van der Waals surface area contributed by atoms with Crippen LogP contribution in [0, 0.1) is 6.92 Å². The molecule has 0 saturated carbocycles. The molecule has 1 aliphatic rings. The van der Waals surface area contributed by atoms with E-state index >= 15 is 0 Å². The lowest BCUT2D eigenvalue weighted by molar-refractivity contribution is 0.0172. The molecule has 1 heterocycles. The van der Waals surface area contributed by atoms with E-state index in [4.69, 9.17) is 4.74 Å². The van der Waals surface area contributed by atoms with Crippen LogP contribution in [0.3, 0.4) is 0 Å². The van der Waals surface area contributed by atoms with Crippen molar-refractivity contribution in [3.05, 3.63) is 59.7 Å². The number of nitrogens with zero attached hydrogens (tertiary/aromatic N) is 2. The molecule has 0 unspecified atom stereocenters. The lowest BCUT2D eigenvalue weighted by Crippen LogP contribution is -2.43. The van der Waals surface area contributed by atoms with Gasteiger partial charge in [0.25, 0.3) is 0 Å². The Balaban J connectivity index is 1.82. The largest absolute Gasteiger partial charge is 0.379 e. The Morgan fingerprint density at radius 1 is 1.07 bits per heavy atom. The Bertz CT molecular complexity index is 876. The molecule has 0 amide bonds. The maximum absolute atomic E-state index is 12.9. The third-order valence-corrected chi connectivity index (χ3v) is 6.71. The van der Waals surface area contributed by atoms with Crippen LogP contribution in [0.15, 0.2) is 53.4 Å². The van der Waals surface area contributed by atoms with E-state index in [1.54, 1.807) is 12.1 Å². The van der Waals surface area contributed by atoms with Crippen LogP contribution in [0.25, 0.3) is 0 Å². The molecule has 0 radical (unpaired) electrons. The molecule has 3 rings (SSSR count). The van der Waals surface area contributed by atoms with E-state index in [-0.39, 0.29) is 6.04 Å². The van der Waals surface area contributed by atoms with Gasteiger partial charge in [-0.15, -0.1) is 0 Å². The summed E-state index contributed by atoms with van der Waals surface area (Å²) >= 11 is 0. The summed E-state index contributed by atoms with van der Waals surface area (Å²) in [6.45, 7) is 5.03. The van der Waals surface area contributed by atoms with Crippen LogP contribution >= 0.6 is 0 Å². The second-order valence-electron chi connectivity index (χ2n) is 7.27. The zero-order chi connectivity index (χ0) is 20.1. The molecule has 0 aliphatic carbocycles. The van der Waals surface area contributed by atoms with Gasteiger partial charge in [0.1, 0.15) is 0 Å². The molecule has 7 heteroatoms. The SMILES string of the molecule is Cc1ccccc1S(=O)(=O)NC[C@H](c1ccc(N(C)C)cc1)N1CCOCC1. The molecular formula is C21H29N3O3S. The first-order valence-electron chi connectivity index (χ1n) is 9.53. The van der Waals surface area contributed by atoms with Crippen molar-refractivity contribution in [1.29, 1.82) is 0 Å². The van der Waals surface area contributed by atoms with E-state index < -0.39 is 10.0 Å². The molecule has 1 atom stereocenters. The van der Waals surface area contributed by atoms with E-state index in [9.17, 15) is 8.42 Å². The van der Waals surface area contributed by atoms with Crippen LogP contribution in [0.2, 0.25) is 0 Å². The van der Waals surface area contributed by atoms with Crippen molar-refractivity contribution < 1.29 is 13.2 Å². The maximum atomic E-state index is 12.9. The molecule has 1 aliphatic heterocycles. The molecule has 6 nitrogen and oxygen atoms in total. The highest BCUT2D eigenvalue weighted by molar-refractivity contribution is 7.89. The van der Waals surface area contributed by atoms with Crippen LogP contribution in [0.5, 0.6) is 0 Å². The van der Waals surface area contributed by atoms with Gasteiger partial charge in [0.05, 0.1) is 18.1 Å². The highest BCUT2D eigenvalue weighted by Gasteiger charge is 2.25. The van der Waals surface area contributed by atoms with E-state index in [0.29, 0.717) is 24.7 Å². The number of sulfonamides is 1. The summed E-state index contributed by atoms with van der Waals surface area (Å²) in [4.78, 5) is 4.67. The summed E-state index contributed by atoms with van der Waals surface area (Å²) in [5, 5.41) is 0. The summed E-state index contributed by atoms with van der Waals surface area (Å²) in [5.41, 5.74) is 2.96. The molecular weight excluding hydrogens is 374 g/mol. The Kier molecular flexibility index (Phi) is 6.72. The molecule has 2 aromatic rings. The zero-order valence-electron chi connectivity index (χ0n) is 16.8. The first kappa shape index (κ1) is 20.8. The first-order valence-corrected chi connectivity index (χ1v) is 11.0. The molecule has 0 bridgehead atoms. The van der Waals surface area contributed by atoms with Crippen molar-refractivity contribution in [2.75, 3.05) is 51.8 Å². The van der Waals surface area contributed by atoms with Gasteiger partial charge in [-0.1, -0.05) is 30.3 Å². The lowest BCUT2D eigenvalue weighted by Gasteiger charge is -2.35. The maximum Gasteiger partial charge on any atom is 0.240 e. The molecule has 1 N–H and O–H groups in total. The number of morpholine rings is 1. The predicted octanol–water partition coefficient (Wildman–Crippen LogP) is 2.41. The molecule has 0 spiro atoms. The van der Waals surface area contributed by atoms with Crippen molar-refractivity contribution >= 4 is 15.7 Å². The minimum absolute atomic E-state index is 0.0427. The van der Waals surface area contributed by atoms with Gasteiger partial charge in [0.2, 0.25) is 10.0 Å². The van der Waals surface area contributed by atoms with Crippen molar-refractivity contribution in [2.24, 2.45) is 0 Å². The Hall–Kier alpha value is -1.93. The number of hydrogen-bond acceptors (Lipinski definition) is 5. The zero-order valence-corrected chi connectivity index (χ0v) is 17.6. The fourth-order valence-corrected chi connectivity index (χ4v) is 4.75. The Morgan fingerprint density at radius 3 is 2.32 bits per heavy atom. The minimum Gasteiger partial charge on any atom is -0.379 e. The standard InChI is InChI=1S/C21H29N3O3S/c1-17-6-4-5-7-21(17)28(25,26)22-16-20(24-12-14-27-15-13-24)18-8-10-19(11-9-18)23(2)3/h4-11,20,22H,12-16H2,1-3H3/t20-/m1/s1. The third kappa shape index (κ3) is 4.91. The highest BCUT2D eigenvalue weighted by atomic mass is 32.2. The molecule has 2 aromatic carbocycles. The fourth-order valence-electron chi connectivity index (χ4n) is 3.47. The van der Waals surface area contributed by atoms with Gasteiger partial charge >= 0.3 is 0 Å². The van der Waals surface area contributed by atoms with Crippen LogP contribution in [-0.2, 0) is 14.8 Å². The molecule has 1 saturated heterocycles. The van der Waals surface area contributed by atoms with Gasteiger partial charge < -0.3 is 9.64 Å². The number of anilines is 1. The minimum atomic E-state index is -3.57. The van der Waals surface area contributed by atoms with Crippen molar-refractivity contribution in [3.8, 4) is 0 Å². The monoisotopic (exact) mass is 403 g/mol. The molecule has 1 fully saturated rings. The average Bonchev–Trinajstić information content (AvgIpc) is 2.69. The highest BCUT2D eigenvalue weighted by Crippen LogP contribution is 2.25. The van der Waals surface area contributed by atoms with E-state index in [1.165, 1.54) is 0 Å². The predicted molar refractivity (Wildman–Crippen MR) is 112 cm³/mol. The second kappa shape index (κ2) is 9.05. The van der Waals surface area contributed by atoms with Gasteiger partial charge in [-0.25, -0.2) is 13.1 Å². The second-order valence-corrected chi connectivity index (χ2v) is 9.00. The average molecular weight is 404 g/mol. The number of rotatable bonds is 7. The topological polar surface area (TPSA) is 61.9 Å². The molecule has 28 heavy (non-hydrogen) atoms. The van der Waals surface area contributed by atoms with Gasteiger partial charge in [0, 0.05) is 45.5 Å². The van der Waals surface area contributed by atoms with Crippen molar-refractivity contribution in [2.45, 2.75) is 17.9 Å². The van der Waals surface area contributed by atoms with Crippen LogP contribution < -0.4 is 9.62 Å². The van der Waals surface area contributed by atoms with Crippen molar-refractivity contribution in [1.82, 2.24) is 9.62 Å². The number of hydrogen-bond donors (Lipinski definition) is 1. The van der Waals surface area contributed by atoms with E-state index in [1.807, 2.05) is 33.2 Å². The van der Waals surface area contributed by atoms with Gasteiger partial charge in [-0.2, -0.15) is 0 Å². The lowest BCUT2D eigenvalue weighted by atomic mass is 10.0. The smallest absolute Gasteiger partial charge is 0.240 e. The normalized spacial score (nSPS) is 16.7. The van der Waals surface area contributed by atoms with Crippen molar-refractivity contribution in [3.63, 3.8) is 0 Å². The van der Waals surface area contributed by atoms with Gasteiger partial charge in [0.15, 0.2) is 0 Å². The number of aryl methyl sites for hydroxylation is 1. The van der Waals surface area contributed by atoms with Crippen LogP contribution in [0.1, 0.15) is 17.2 Å². The van der Waals surface area contributed by atoms with Crippen LogP contribution in [0.4, 0.5) is 5.69 Å². The summed E-state index contributed by atoms with van der Waals surface area (Å²) in [6, 6.07) is 15.3. The number of nitrogens with one attached hydrogen (secondary N) is 1. The summed E-state index contributed by atoms with van der Waals surface area (Å²) in [5.74, 6) is 0.